The van der Waals surface area contributed by atoms with Gasteiger partial charge in [0.2, 0.25) is 0 Å². The lowest BCUT2D eigenvalue weighted by atomic mass is 9.89. The molecule has 0 heterocycles. The standard InChI is InChI=1S/C24H20O3/c1-3-26-21-13-20(25)17-10-12-19-22-15(9-11-18(21)23(17)22)14-7-5-6-8-16(14)24(19)27-4-2/h5-13,25H,3-4H2,1-2H3. The van der Waals surface area contributed by atoms with Gasteiger partial charge < -0.3 is 14.6 Å². The molecule has 0 aliphatic heterocycles. The summed E-state index contributed by atoms with van der Waals surface area (Å²) >= 11 is 0. The van der Waals surface area contributed by atoms with Crippen molar-refractivity contribution in [3.8, 4) is 17.2 Å². The smallest absolute Gasteiger partial charge is 0.134 e. The maximum Gasteiger partial charge on any atom is 0.134 e. The molecule has 0 fully saturated rings. The molecule has 134 valence electrons. The first-order valence-corrected chi connectivity index (χ1v) is 9.35. The maximum absolute atomic E-state index is 10.6. The van der Waals surface area contributed by atoms with Gasteiger partial charge in [-0.2, -0.15) is 0 Å². The van der Waals surface area contributed by atoms with E-state index >= 15 is 0 Å². The van der Waals surface area contributed by atoms with Crippen molar-refractivity contribution < 1.29 is 14.6 Å². The van der Waals surface area contributed by atoms with Crippen LogP contribution in [0.25, 0.3) is 43.1 Å². The molecule has 0 saturated carbocycles. The quantitative estimate of drug-likeness (QED) is 0.306. The predicted octanol–water partition coefficient (Wildman–Crippen LogP) is 6.24. The van der Waals surface area contributed by atoms with Gasteiger partial charge in [0.25, 0.3) is 0 Å². The molecule has 0 bridgehead atoms. The van der Waals surface area contributed by atoms with E-state index in [1.807, 2.05) is 26.0 Å². The molecular formula is C24H20O3. The fourth-order valence-corrected chi connectivity index (χ4v) is 4.24. The van der Waals surface area contributed by atoms with E-state index in [-0.39, 0.29) is 5.75 Å². The Morgan fingerprint density at radius 3 is 2.07 bits per heavy atom. The minimum absolute atomic E-state index is 0.242. The lowest BCUT2D eigenvalue weighted by Crippen LogP contribution is -1.97. The van der Waals surface area contributed by atoms with Crippen molar-refractivity contribution in [1.29, 1.82) is 0 Å². The minimum Gasteiger partial charge on any atom is -0.507 e. The first-order chi connectivity index (χ1) is 13.2. The molecule has 5 aromatic carbocycles. The van der Waals surface area contributed by atoms with Crippen LogP contribution >= 0.6 is 0 Å². The lowest BCUT2D eigenvalue weighted by Gasteiger charge is -2.19. The summed E-state index contributed by atoms with van der Waals surface area (Å²) in [6, 6.07) is 18.3. The van der Waals surface area contributed by atoms with Crippen molar-refractivity contribution >= 4 is 43.1 Å². The summed E-state index contributed by atoms with van der Waals surface area (Å²) in [5.74, 6) is 1.85. The highest BCUT2D eigenvalue weighted by atomic mass is 16.5. The molecule has 0 aromatic heterocycles. The molecule has 0 radical (unpaired) electrons. The number of phenolic OH excluding ortho intramolecular Hbond substituents is 1. The highest BCUT2D eigenvalue weighted by Crippen LogP contribution is 2.48. The topological polar surface area (TPSA) is 38.7 Å². The average molecular weight is 356 g/mol. The summed E-state index contributed by atoms with van der Waals surface area (Å²) in [4.78, 5) is 0. The monoisotopic (exact) mass is 356 g/mol. The predicted molar refractivity (Wildman–Crippen MR) is 112 cm³/mol. The Morgan fingerprint density at radius 1 is 0.667 bits per heavy atom. The fourth-order valence-electron chi connectivity index (χ4n) is 4.24. The number of aromatic hydroxyl groups is 1. The van der Waals surface area contributed by atoms with Gasteiger partial charge in [-0.3, -0.25) is 0 Å². The van der Waals surface area contributed by atoms with Gasteiger partial charge in [0.1, 0.15) is 17.2 Å². The molecule has 5 aromatic rings. The number of fused-ring (bicyclic) bond motifs is 2. The Bertz CT molecular complexity index is 1300. The number of rotatable bonds is 4. The third-order valence-electron chi connectivity index (χ3n) is 5.26. The van der Waals surface area contributed by atoms with Gasteiger partial charge in [-0.05, 0) is 42.8 Å². The van der Waals surface area contributed by atoms with E-state index in [1.54, 1.807) is 6.07 Å². The number of ether oxygens (including phenoxy) is 2. The van der Waals surface area contributed by atoms with Crippen molar-refractivity contribution in [3.63, 3.8) is 0 Å². The largest absolute Gasteiger partial charge is 0.507 e. The van der Waals surface area contributed by atoms with Gasteiger partial charge in [-0.15, -0.1) is 0 Å². The van der Waals surface area contributed by atoms with Crippen LogP contribution in [0.5, 0.6) is 17.2 Å². The molecule has 0 aliphatic rings. The average Bonchev–Trinajstić information content (AvgIpc) is 2.70. The molecule has 3 heteroatoms. The van der Waals surface area contributed by atoms with E-state index in [2.05, 4.69) is 36.4 Å². The molecule has 27 heavy (non-hydrogen) atoms. The van der Waals surface area contributed by atoms with Crippen molar-refractivity contribution in [2.45, 2.75) is 13.8 Å². The third kappa shape index (κ3) is 2.15. The fraction of sp³-hybridized carbons (Fsp3) is 0.167. The summed E-state index contributed by atoms with van der Waals surface area (Å²) in [6.45, 7) is 5.11. The van der Waals surface area contributed by atoms with Crippen molar-refractivity contribution in [2.24, 2.45) is 0 Å². The summed E-state index contributed by atoms with van der Waals surface area (Å²) in [7, 11) is 0. The Kier molecular flexibility index (Phi) is 3.51. The number of hydrogen-bond acceptors (Lipinski definition) is 3. The molecule has 0 saturated heterocycles. The zero-order valence-electron chi connectivity index (χ0n) is 15.4. The molecule has 1 N–H and O–H groups in total. The van der Waals surface area contributed by atoms with Gasteiger partial charge >= 0.3 is 0 Å². The van der Waals surface area contributed by atoms with Crippen LogP contribution in [-0.4, -0.2) is 18.3 Å². The van der Waals surface area contributed by atoms with Crippen LogP contribution in [0.1, 0.15) is 13.8 Å². The molecule has 0 amide bonds. The van der Waals surface area contributed by atoms with Crippen LogP contribution in [0.4, 0.5) is 0 Å². The summed E-state index contributed by atoms with van der Waals surface area (Å²) in [5, 5.41) is 19.1. The molecular weight excluding hydrogens is 336 g/mol. The number of hydrogen-bond donors (Lipinski definition) is 1. The van der Waals surface area contributed by atoms with E-state index in [4.69, 9.17) is 9.47 Å². The van der Waals surface area contributed by atoms with Crippen molar-refractivity contribution in [3.05, 3.63) is 54.6 Å². The van der Waals surface area contributed by atoms with Crippen LogP contribution in [0, 0.1) is 0 Å². The second-order valence-corrected chi connectivity index (χ2v) is 6.71. The Morgan fingerprint density at radius 2 is 1.30 bits per heavy atom. The second-order valence-electron chi connectivity index (χ2n) is 6.71. The molecule has 3 nitrogen and oxygen atoms in total. The van der Waals surface area contributed by atoms with Gasteiger partial charge in [0.05, 0.1) is 13.2 Å². The van der Waals surface area contributed by atoms with Crippen LogP contribution in [0.2, 0.25) is 0 Å². The van der Waals surface area contributed by atoms with Gasteiger partial charge in [-0.25, -0.2) is 0 Å². The third-order valence-corrected chi connectivity index (χ3v) is 5.26. The molecule has 0 aliphatic carbocycles. The van der Waals surface area contributed by atoms with Crippen LogP contribution in [0.15, 0.2) is 54.6 Å². The van der Waals surface area contributed by atoms with Crippen LogP contribution in [-0.2, 0) is 0 Å². The Hall–Kier alpha value is -3.20. The van der Waals surface area contributed by atoms with Gasteiger partial charge in [0.15, 0.2) is 0 Å². The van der Waals surface area contributed by atoms with Gasteiger partial charge in [-0.1, -0.05) is 30.3 Å². The van der Waals surface area contributed by atoms with E-state index < -0.39 is 0 Å². The maximum atomic E-state index is 10.6. The number of phenols is 1. The summed E-state index contributed by atoms with van der Waals surface area (Å²) < 4.78 is 11.9. The summed E-state index contributed by atoms with van der Waals surface area (Å²) in [5.41, 5.74) is 0. The highest BCUT2D eigenvalue weighted by Gasteiger charge is 2.19. The zero-order valence-corrected chi connectivity index (χ0v) is 15.4. The second kappa shape index (κ2) is 5.92. The van der Waals surface area contributed by atoms with Crippen LogP contribution in [0.3, 0.4) is 0 Å². The molecule has 0 atom stereocenters. The van der Waals surface area contributed by atoms with E-state index in [0.29, 0.717) is 19.0 Å². The molecule has 5 rings (SSSR count). The lowest BCUT2D eigenvalue weighted by molar-refractivity contribution is 0.342. The number of benzene rings is 5. The molecule has 0 unspecified atom stereocenters. The highest BCUT2D eigenvalue weighted by molar-refractivity contribution is 6.32. The Balaban J connectivity index is 2.09. The molecule has 0 spiro atoms. The van der Waals surface area contributed by atoms with Crippen molar-refractivity contribution in [1.82, 2.24) is 0 Å². The Labute approximate surface area is 157 Å². The first-order valence-electron chi connectivity index (χ1n) is 9.35. The van der Waals surface area contributed by atoms with Crippen LogP contribution < -0.4 is 9.47 Å². The minimum atomic E-state index is 0.242. The van der Waals surface area contributed by atoms with E-state index in [9.17, 15) is 5.11 Å². The van der Waals surface area contributed by atoms with E-state index in [1.165, 1.54) is 0 Å². The zero-order chi connectivity index (χ0) is 18.5. The normalized spacial score (nSPS) is 11.8. The SMILES string of the molecule is CCOc1cc(O)c2ccc3c(OCC)c4ccccc4c4ccc1c2c34. The van der Waals surface area contributed by atoms with E-state index in [0.717, 1.165) is 48.8 Å². The van der Waals surface area contributed by atoms with Crippen molar-refractivity contribution in [2.75, 3.05) is 13.2 Å². The van der Waals surface area contributed by atoms with Gasteiger partial charge in [0, 0.05) is 38.4 Å². The first kappa shape index (κ1) is 16.0. The summed E-state index contributed by atoms with van der Waals surface area (Å²) in [6.07, 6.45) is 0.